The second-order valence-corrected chi connectivity index (χ2v) is 8.39. The van der Waals surface area contributed by atoms with Crippen LogP contribution in [0, 0.1) is 6.92 Å². The zero-order chi connectivity index (χ0) is 19.1. The lowest BCUT2D eigenvalue weighted by Crippen LogP contribution is -2.31. The van der Waals surface area contributed by atoms with Crippen LogP contribution in [0.25, 0.3) is 0 Å². The molecule has 1 aliphatic heterocycles. The van der Waals surface area contributed by atoms with Crippen molar-refractivity contribution >= 4 is 51.1 Å². The predicted octanol–water partition coefficient (Wildman–Crippen LogP) is 4.34. The Kier molecular flexibility index (Phi) is 4.55. The number of hydrogen-bond donors (Lipinski definition) is 1. The van der Waals surface area contributed by atoms with Crippen molar-refractivity contribution in [3.8, 4) is 0 Å². The number of carbonyl (C=O) groups is 2. The number of anilines is 1. The average molecular weight is 418 g/mol. The maximum Gasteiger partial charge on any atom is 0.296 e. The van der Waals surface area contributed by atoms with Gasteiger partial charge in [-0.15, -0.1) is 21.5 Å². The summed E-state index contributed by atoms with van der Waals surface area (Å²) in [4.78, 5) is 28.6. The maximum atomic E-state index is 13.1. The molecular weight excluding hydrogens is 406 g/mol. The fourth-order valence-electron chi connectivity index (χ4n) is 2.96. The molecule has 0 spiro atoms. The molecule has 1 aromatic carbocycles. The number of rotatable bonds is 4. The number of carbonyl (C=O) groups excluding carboxylic acids is 2. The van der Waals surface area contributed by atoms with Gasteiger partial charge in [-0.2, -0.15) is 0 Å². The summed E-state index contributed by atoms with van der Waals surface area (Å²) >= 11 is 8.45. The molecule has 3 heterocycles. The van der Waals surface area contributed by atoms with Gasteiger partial charge in [0.1, 0.15) is 5.51 Å². The molecule has 2 aromatic heterocycles. The van der Waals surface area contributed by atoms with Crippen molar-refractivity contribution in [3.05, 3.63) is 73.6 Å². The molecule has 1 amide bonds. The number of aliphatic hydroxyl groups excluding tert-OH is 1. The summed E-state index contributed by atoms with van der Waals surface area (Å²) in [7, 11) is 0. The molecule has 4 rings (SSSR count). The fourth-order valence-corrected chi connectivity index (χ4v) is 4.49. The summed E-state index contributed by atoms with van der Waals surface area (Å²) in [6.45, 7) is 1.89. The van der Waals surface area contributed by atoms with Gasteiger partial charge >= 0.3 is 0 Å². The fraction of sp³-hybridized carbons (Fsp3) is 0.111. The highest BCUT2D eigenvalue weighted by atomic mass is 35.5. The average Bonchev–Trinajstić information content (AvgIpc) is 3.37. The summed E-state index contributed by atoms with van der Waals surface area (Å²) < 4.78 is 0. The first-order valence-electron chi connectivity index (χ1n) is 7.87. The second kappa shape index (κ2) is 6.88. The number of aromatic nitrogens is 2. The van der Waals surface area contributed by atoms with Crippen LogP contribution in [0.5, 0.6) is 0 Å². The number of amides is 1. The van der Waals surface area contributed by atoms with Gasteiger partial charge in [0, 0.05) is 9.90 Å². The van der Waals surface area contributed by atoms with E-state index in [0.29, 0.717) is 20.6 Å². The minimum absolute atomic E-state index is 0.0272. The van der Waals surface area contributed by atoms with Crippen LogP contribution in [0.15, 0.2) is 53.2 Å². The first-order chi connectivity index (χ1) is 13.0. The largest absolute Gasteiger partial charge is 0.503 e. The van der Waals surface area contributed by atoms with Gasteiger partial charge in [0.2, 0.25) is 10.9 Å². The number of ketones is 1. The summed E-state index contributed by atoms with van der Waals surface area (Å²) in [5.74, 6) is -1.63. The van der Waals surface area contributed by atoms with Gasteiger partial charge < -0.3 is 5.11 Å². The molecule has 9 heteroatoms. The molecular formula is C18H12ClN3O3S2. The molecule has 1 unspecified atom stereocenters. The smallest absolute Gasteiger partial charge is 0.296 e. The van der Waals surface area contributed by atoms with Gasteiger partial charge in [-0.3, -0.25) is 14.5 Å². The Morgan fingerprint density at radius 3 is 2.56 bits per heavy atom. The van der Waals surface area contributed by atoms with Crippen molar-refractivity contribution in [1.82, 2.24) is 10.2 Å². The van der Waals surface area contributed by atoms with E-state index in [1.807, 2.05) is 13.0 Å². The lowest BCUT2D eigenvalue weighted by atomic mass is 9.95. The van der Waals surface area contributed by atoms with Crippen LogP contribution < -0.4 is 4.90 Å². The Morgan fingerprint density at radius 2 is 1.96 bits per heavy atom. The number of halogens is 1. The number of Topliss-reactive ketones (excluding diaryl/α,β-unsaturated/α-hetero) is 1. The first kappa shape index (κ1) is 17.8. The van der Waals surface area contributed by atoms with E-state index in [2.05, 4.69) is 10.2 Å². The number of thiophene rings is 1. The molecule has 0 radical (unpaired) electrons. The topological polar surface area (TPSA) is 83.4 Å². The lowest BCUT2D eigenvalue weighted by molar-refractivity contribution is -0.117. The third-order valence-corrected chi connectivity index (χ3v) is 6.10. The summed E-state index contributed by atoms with van der Waals surface area (Å²) in [6.07, 6.45) is 0. The SMILES string of the molecule is Cc1ccc(C(=O)C2=C(O)C(=O)N(c3nncs3)C2c2ccc(Cl)cc2)s1. The van der Waals surface area contributed by atoms with E-state index in [-0.39, 0.29) is 11.4 Å². The second-order valence-electron chi connectivity index (χ2n) is 5.85. The molecule has 0 bridgehead atoms. The van der Waals surface area contributed by atoms with Crippen LogP contribution in [0.3, 0.4) is 0 Å². The van der Waals surface area contributed by atoms with E-state index in [0.717, 1.165) is 16.2 Å². The monoisotopic (exact) mass is 417 g/mol. The van der Waals surface area contributed by atoms with Crippen LogP contribution in [-0.4, -0.2) is 27.0 Å². The Hall–Kier alpha value is -2.55. The minimum atomic E-state index is -0.808. The molecule has 6 nitrogen and oxygen atoms in total. The normalized spacial score (nSPS) is 17.0. The van der Waals surface area contributed by atoms with E-state index < -0.39 is 17.7 Å². The summed E-state index contributed by atoms with van der Waals surface area (Å²) in [6, 6.07) is 9.50. The number of nitrogens with zero attached hydrogens (tertiary/aromatic N) is 3. The van der Waals surface area contributed by atoms with Gasteiger partial charge in [-0.25, -0.2) is 0 Å². The van der Waals surface area contributed by atoms with E-state index in [4.69, 9.17) is 11.6 Å². The first-order valence-corrected chi connectivity index (χ1v) is 9.94. The molecule has 0 fully saturated rings. The third-order valence-electron chi connectivity index (χ3n) is 4.16. The molecule has 1 N–H and O–H groups in total. The molecule has 1 atom stereocenters. The zero-order valence-electron chi connectivity index (χ0n) is 13.9. The quantitative estimate of drug-likeness (QED) is 0.638. The van der Waals surface area contributed by atoms with Crippen molar-refractivity contribution in [2.45, 2.75) is 13.0 Å². The van der Waals surface area contributed by atoms with E-state index >= 15 is 0 Å². The molecule has 136 valence electrons. The highest BCUT2D eigenvalue weighted by Crippen LogP contribution is 2.42. The third kappa shape index (κ3) is 3.05. The minimum Gasteiger partial charge on any atom is -0.503 e. The number of hydrogen-bond acceptors (Lipinski definition) is 7. The molecule has 3 aromatic rings. The van der Waals surface area contributed by atoms with Crippen molar-refractivity contribution in [1.29, 1.82) is 0 Å². The van der Waals surface area contributed by atoms with Crippen LogP contribution >= 0.6 is 34.3 Å². The van der Waals surface area contributed by atoms with Crippen molar-refractivity contribution in [2.24, 2.45) is 0 Å². The molecule has 0 aliphatic carbocycles. The zero-order valence-corrected chi connectivity index (χ0v) is 16.3. The Morgan fingerprint density at radius 1 is 1.22 bits per heavy atom. The predicted molar refractivity (Wildman–Crippen MR) is 105 cm³/mol. The number of aliphatic hydroxyl groups is 1. The Balaban J connectivity index is 1.87. The summed E-state index contributed by atoms with van der Waals surface area (Å²) in [5, 5.41) is 19.1. The van der Waals surface area contributed by atoms with E-state index in [1.54, 1.807) is 30.3 Å². The molecule has 0 saturated heterocycles. The van der Waals surface area contributed by atoms with Gasteiger partial charge in [-0.1, -0.05) is 35.1 Å². The van der Waals surface area contributed by atoms with E-state index in [1.165, 1.54) is 21.7 Å². The Labute approximate surface area is 167 Å². The lowest BCUT2D eigenvalue weighted by Gasteiger charge is -2.23. The molecule has 0 saturated carbocycles. The van der Waals surface area contributed by atoms with Gasteiger partial charge in [0.15, 0.2) is 5.76 Å². The standard InChI is InChI=1S/C18H12ClN3O3S2/c1-9-2-7-12(27-9)15(23)13-14(10-3-5-11(19)6-4-10)22(17(25)16(13)24)18-21-20-8-26-18/h2-8,14,24H,1H3. The van der Waals surface area contributed by atoms with E-state index in [9.17, 15) is 14.7 Å². The highest BCUT2D eigenvalue weighted by Gasteiger charge is 2.46. The number of benzene rings is 1. The van der Waals surface area contributed by atoms with Crippen LogP contribution in [0.1, 0.15) is 26.2 Å². The maximum absolute atomic E-state index is 13.1. The number of aryl methyl sites for hydroxylation is 1. The van der Waals surface area contributed by atoms with Crippen LogP contribution in [-0.2, 0) is 4.79 Å². The highest BCUT2D eigenvalue weighted by molar-refractivity contribution is 7.14. The van der Waals surface area contributed by atoms with Crippen LogP contribution in [0.2, 0.25) is 5.02 Å². The van der Waals surface area contributed by atoms with Crippen molar-refractivity contribution in [3.63, 3.8) is 0 Å². The van der Waals surface area contributed by atoms with Crippen molar-refractivity contribution < 1.29 is 14.7 Å². The van der Waals surface area contributed by atoms with Gasteiger partial charge in [0.05, 0.1) is 16.5 Å². The summed E-state index contributed by atoms with van der Waals surface area (Å²) in [5.41, 5.74) is 2.16. The van der Waals surface area contributed by atoms with Gasteiger partial charge in [0.25, 0.3) is 5.91 Å². The Bertz CT molecular complexity index is 1060. The van der Waals surface area contributed by atoms with Gasteiger partial charge in [-0.05, 0) is 36.8 Å². The molecule has 1 aliphatic rings. The van der Waals surface area contributed by atoms with Crippen LogP contribution in [0.4, 0.5) is 5.13 Å². The van der Waals surface area contributed by atoms with Crippen molar-refractivity contribution in [2.75, 3.05) is 4.90 Å². The molecule has 27 heavy (non-hydrogen) atoms.